The molecule has 0 radical (unpaired) electrons. The second-order valence-electron chi connectivity index (χ2n) is 6.59. The Morgan fingerprint density at radius 1 is 1.42 bits per heavy atom. The van der Waals surface area contributed by atoms with Crippen molar-refractivity contribution in [3.8, 4) is 0 Å². The number of carbonyl (C=O) groups is 1. The quantitative estimate of drug-likeness (QED) is 0.701. The molecule has 1 fully saturated rings. The third-order valence-corrected chi connectivity index (χ3v) is 7.19. The molecular formula is C16H23N5O3S2. The second kappa shape index (κ2) is 7.15. The lowest BCUT2D eigenvalue weighted by atomic mass is 10.2. The van der Waals surface area contributed by atoms with Crippen molar-refractivity contribution in [3.63, 3.8) is 0 Å². The van der Waals surface area contributed by atoms with E-state index in [4.69, 9.17) is 0 Å². The van der Waals surface area contributed by atoms with Crippen molar-refractivity contribution in [1.29, 1.82) is 0 Å². The molecule has 0 aromatic carbocycles. The maximum Gasteiger partial charge on any atom is 0.253 e. The number of sulfone groups is 1. The lowest BCUT2D eigenvalue weighted by Crippen LogP contribution is -2.44. The van der Waals surface area contributed by atoms with Crippen molar-refractivity contribution in [2.24, 2.45) is 0 Å². The molecule has 1 aliphatic heterocycles. The van der Waals surface area contributed by atoms with Crippen molar-refractivity contribution < 1.29 is 13.2 Å². The smallest absolute Gasteiger partial charge is 0.253 e. The predicted molar refractivity (Wildman–Crippen MR) is 100 cm³/mol. The molecule has 0 N–H and O–H groups in total. The maximum atomic E-state index is 12.8. The van der Waals surface area contributed by atoms with Crippen LogP contribution in [0.4, 0.5) is 0 Å². The molecule has 1 amide bonds. The Bertz CT molecular complexity index is 941. The summed E-state index contributed by atoms with van der Waals surface area (Å²) >= 11 is 1.27. The first-order valence-electron chi connectivity index (χ1n) is 8.58. The lowest BCUT2D eigenvalue weighted by molar-refractivity contribution is -0.131. The van der Waals surface area contributed by atoms with Gasteiger partial charge in [0.15, 0.2) is 9.84 Å². The SMILES string of the molecule is CCN(C(=O)[C@H](C)Sc1nc2nc(C)cc(C)n2n1)[C@H]1CCS(=O)(=O)C1. The summed E-state index contributed by atoms with van der Waals surface area (Å²) in [5.74, 6) is 0.637. The molecule has 26 heavy (non-hydrogen) atoms. The van der Waals surface area contributed by atoms with Gasteiger partial charge in [0, 0.05) is 24.0 Å². The van der Waals surface area contributed by atoms with Crippen LogP contribution < -0.4 is 0 Å². The summed E-state index contributed by atoms with van der Waals surface area (Å²) in [4.78, 5) is 23.3. The lowest BCUT2D eigenvalue weighted by Gasteiger charge is -2.29. The van der Waals surface area contributed by atoms with Crippen LogP contribution in [0.15, 0.2) is 11.2 Å². The van der Waals surface area contributed by atoms with Crippen LogP contribution in [0.1, 0.15) is 31.7 Å². The van der Waals surface area contributed by atoms with Crippen molar-refractivity contribution >= 4 is 33.3 Å². The number of rotatable bonds is 5. The molecule has 2 aromatic rings. The number of aromatic nitrogens is 4. The molecule has 0 aliphatic carbocycles. The molecule has 0 spiro atoms. The van der Waals surface area contributed by atoms with Crippen LogP contribution in [0, 0.1) is 13.8 Å². The van der Waals surface area contributed by atoms with Gasteiger partial charge in [-0.05, 0) is 40.2 Å². The monoisotopic (exact) mass is 397 g/mol. The second-order valence-corrected chi connectivity index (χ2v) is 10.1. The van der Waals surface area contributed by atoms with Gasteiger partial charge in [0.2, 0.25) is 11.1 Å². The van der Waals surface area contributed by atoms with E-state index in [9.17, 15) is 13.2 Å². The predicted octanol–water partition coefficient (Wildman–Crippen LogP) is 1.26. The van der Waals surface area contributed by atoms with Gasteiger partial charge in [-0.15, -0.1) is 5.10 Å². The molecule has 1 saturated heterocycles. The molecule has 0 saturated carbocycles. The fourth-order valence-corrected chi connectivity index (χ4v) is 5.80. The van der Waals surface area contributed by atoms with E-state index in [1.807, 2.05) is 26.8 Å². The molecule has 1 aliphatic rings. The number of fused-ring (bicyclic) bond motifs is 1. The molecule has 2 aromatic heterocycles. The number of amides is 1. The van der Waals surface area contributed by atoms with Gasteiger partial charge in [0.1, 0.15) is 0 Å². The van der Waals surface area contributed by atoms with E-state index in [0.29, 0.717) is 23.9 Å². The van der Waals surface area contributed by atoms with Crippen LogP contribution in [0.2, 0.25) is 0 Å². The molecule has 3 rings (SSSR count). The third-order valence-electron chi connectivity index (χ3n) is 4.50. The van der Waals surface area contributed by atoms with Crippen molar-refractivity contribution in [2.45, 2.75) is 50.6 Å². The van der Waals surface area contributed by atoms with Gasteiger partial charge in [-0.2, -0.15) is 4.98 Å². The Labute approximate surface area is 157 Å². The Morgan fingerprint density at radius 3 is 2.77 bits per heavy atom. The fourth-order valence-electron chi connectivity index (χ4n) is 3.26. The number of thioether (sulfide) groups is 1. The highest BCUT2D eigenvalue weighted by Gasteiger charge is 2.35. The Morgan fingerprint density at radius 2 is 2.15 bits per heavy atom. The van der Waals surface area contributed by atoms with Gasteiger partial charge < -0.3 is 4.90 Å². The highest BCUT2D eigenvalue weighted by atomic mass is 32.2. The van der Waals surface area contributed by atoms with Gasteiger partial charge in [-0.3, -0.25) is 4.79 Å². The minimum absolute atomic E-state index is 0.0545. The zero-order valence-electron chi connectivity index (χ0n) is 15.3. The van der Waals surface area contributed by atoms with Crippen LogP contribution in [0.3, 0.4) is 0 Å². The summed E-state index contributed by atoms with van der Waals surface area (Å²) in [7, 11) is -3.03. The number of hydrogen-bond acceptors (Lipinski definition) is 7. The van der Waals surface area contributed by atoms with Gasteiger partial charge in [0.05, 0.1) is 16.8 Å². The highest BCUT2D eigenvalue weighted by Crippen LogP contribution is 2.25. The zero-order valence-corrected chi connectivity index (χ0v) is 17.0. The minimum atomic E-state index is -3.03. The molecule has 10 heteroatoms. The number of nitrogens with zero attached hydrogens (tertiary/aromatic N) is 5. The summed E-state index contributed by atoms with van der Waals surface area (Å²) in [6, 6.07) is 1.69. The number of hydrogen-bond donors (Lipinski definition) is 0. The molecule has 142 valence electrons. The summed E-state index contributed by atoms with van der Waals surface area (Å²) in [6.45, 7) is 7.99. The highest BCUT2D eigenvalue weighted by molar-refractivity contribution is 8.00. The van der Waals surface area contributed by atoms with E-state index in [-0.39, 0.29) is 23.5 Å². The zero-order chi connectivity index (χ0) is 19.1. The van der Waals surface area contributed by atoms with Gasteiger partial charge in [-0.1, -0.05) is 11.8 Å². The van der Waals surface area contributed by atoms with Gasteiger partial charge in [0.25, 0.3) is 5.78 Å². The van der Waals surface area contributed by atoms with Crippen LogP contribution in [-0.2, 0) is 14.6 Å². The third kappa shape index (κ3) is 3.85. The van der Waals surface area contributed by atoms with Gasteiger partial charge in [-0.25, -0.2) is 17.9 Å². The van der Waals surface area contributed by atoms with Crippen molar-refractivity contribution in [1.82, 2.24) is 24.5 Å². The molecule has 3 heterocycles. The first kappa shape index (κ1) is 19.1. The van der Waals surface area contributed by atoms with E-state index >= 15 is 0 Å². The maximum absolute atomic E-state index is 12.8. The van der Waals surface area contributed by atoms with E-state index in [2.05, 4.69) is 15.1 Å². The molecule has 0 bridgehead atoms. The van der Waals surface area contributed by atoms with Crippen LogP contribution in [0.25, 0.3) is 5.78 Å². The molecule has 8 nitrogen and oxygen atoms in total. The molecular weight excluding hydrogens is 374 g/mol. The average molecular weight is 398 g/mol. The number of aryl methyl sites for hydroxylation is 2. The Hall–Kier alpha value is -1.68. The molecule has 0 unspecified atom stereocenters. The Balaban J connectivity index is 1.75. The molecule has 2 atom stereocenters. The largest absolute Gasteiger partial charge is 0.338 e. The first-order valence-corrected chi connectivity index (χ1v) is 11.3. The van der Waals surface area contributed by atoms with E-state index in [0.717, 1.165) is 11.4 Å². The van der Waals surface area contributed by atoms with E-state index in [1.165, 1.54) is 11.8 Å². The van der Waals surface area contributed by atoms with Gasteiger partial charge >= 0.3 is 0 Å². The van der Waals surface area contributed by atoms with Crippen LogP contribution >= 0.6 is 11.8 Å². The van der Waals surface area contributed by atoms with Crippen LogP contribution in [-0.4, -0.2) is 68.1 Å². The first-order chi connectivity index (χ1) is 12.2. The average Bonchev–Trinajstić information content (AvgIpc) is 3.10. The summed E-state index contributed by atoms with van der Waals surface area (Å²) < 4.78 is 25.1. The number of carbonyl (C=O) groups excluding carboxylic acids is 1. The minimum Gasteiger partial charge on any atom is -0.338 e. The van der Waals surface area contributed by atoms with Crippen molar-refractivity contribution in [2.75, 3.05) is 18.1 Å². The topological polar surface area (TPSA) is 97.5 Å². The summed E-state index contributed by atoms with van der Waals surface area (Å²) in [6.07, 6.45) is 0.508. The summed E-state index contributed by atoms with van der Waals surface area (Å²) in [5, 5.41) is 4.50. The standard InChI is InChI=1S/C16H23N5O3S2/c1-5-20(13-6-7-26(23,24)9-13)14(22)12(4)25-16-18-15-17-10(2)8-11(3)21(15)19-16/h8,12-13H,5-7,9H2,1-4H3/t12-,13-/m0/s1. The Kier molecular flexibility index (Phi) is 5.25. The summed E-state index contributed by atoms with van der Waals surface area (Å²) in [5.41, 5.74) is 1.79. The van der Waals surface area contributed by atoms with E-state index < -0.39 is 15.1 Å². The van der Waals surface area contributed by atoms with Crippen molar-refractivity contribution in [3.05, 3.63) is 17.5 Å². The fraction of sp³-hybridized carbons (Fsp3) is 0.625. The van der Waals surface area contributed by atoms with Crippen LogP contribution in [0.5, 0.6) is 0 Å². The van der Waals surface area contributed by atoms with E-state index in [1.54, 1.807) is 16.3 Å². The normalized spacial score (nSPS) is 20.4.